The van der Waals surface area contributed by atoms with Gasteiger partial charge in [-0.2, -0.15) is 20.0 Å². The van der Waals surface area contributed by atoms with Crippen LogP contribution in [0.25, 0.3) is 16.7 Å². The van der Waals surface area contributed by atoms with E-state index in [1.165, 1.54) is 17.2 Å². The smallest absolute Gasteiger partial charge is 0.272 e. The number of nitrogens with zero attached hydrogens (tertiary/aromatic N) is 7. The average molecular weight is 347 g/mol. The van der Waals surface area contributed by atoms with Crippen LogP contribution in [0.1, 0.15) is 17.0 Å². The molecule has 0 spiro atoms. The van der Waals surface area contributed by atoms with Gasteiger partial charge in [-0.05, 0) is 26.0 Å². The number of para-hydroxylation sites is 1. The average Bonchev–Trinajstić information content (AvgIpc) is 3.18. The van der Waals surface area contributed by atoms with Crippen molar-refractivity contribution in [3.05, 3.63) is 70.2 Å². The third-order valence-electron chi connectivity index (χ3n) is 4.35. The first-order valence-electron chi connectivity index (χ1n) is 8.11. The molecule has 0 unspecified atom stereocenters. The third-order valence-corrected chi connectivity index (χ3v) is 4.35. The molecule has 3 heterocycles. The Bertz CT molecular complexity index is 1180. The van der Waals surface area contributed by atoms with Crippen molar-refractivity contribution in [2.24, 2.45) is 12.1 Å². The van der Waals surface area contributed by atoms with Gasteiger partial charge < -0.3 is 0 Å². The van der Waals surface area contributed by atoms with E-state index < -0.39 is 0 Å². The van der Waals surface area contributed by atoms with Crippen molar-refractivity contribution in [1.29, 1.82) is 0 Å². The molecule has 0 saturated heterocycles. The zero-order valence-corrected chi connectivity index (χ0v) is 14.7. The van der Waals surface area contributed by atoms with Gasteiger partial charge in [0.15, 0.2) is 5.65 Å². The van der Waals surface area contributed by atoms with Gasteiger partial charge in [-0.25, -0.2) is 9.67 Å². The zero-order valence-electron chi connectivity index (χ0n) is 14.7. The highest BCUT2D eigenvalue weighted by molar-refractivity contribution is 5.82. The van der Waals surface area contributed by atoms with Crippen molar-refractivity contribution in [3.63, 3.8) is 0 Å². The van der Waals surface area contributed by atoms with Crippen LogP contribution in [-0.4, -0.2) is 35.4 Å². The van der Waals surface area contributed by atoms with Gasteiger partial charge in [0.25, 0.3) is 5.56 Å². The summed E-state index contributed by atoms with van der Waals surface area (Å²) in [4.78, 5) is 17.1. The van der Waals surface area contributed by atoms with Crippen LogP contribution in [0.15, 0.2) is 52.8 Å². The lowest BCUT2D eigenvalue weighted by Gasteiger charge is -2.02. The predicted molar refractivity (Wildman–Crippen MR) is 98.8 cm³/mol. The quantitative estimate of drug-likeness (QED) is 0.529. The van der Waals surface area contributed by atoms with E-state index in [4.69, 9.17) is 0 Å². The van der Waals surface area contributed by atoms with Crippen LogP contribution in [0.3, 0.4) is 0 Å². The molecular weight excluding hydrogens is 330 g/mol. The number of hydrogen-bond acceptors (Lipinski definition) is 5. The van der Waals surface area contributed by atoms with Gasteiger partial charge in [0, 0.05) is 18.3 Å². The zero-order chi connectivity index (χ0) is 18.3. The Kier molecular flexibility index (Phi) is 3.72. The lowest BCUT2D eigenvalue weighted by molar-refractivity contribution is 0.731. The van der Waals surface area contributed by atoms with E-state index in [2.05, 4.69) is 20.3 Å². The summed E-state index contributed by atoms with van der Waals surface area (Å²) in [6.45, 7) is 3.86. The van der Waals surface area contributed by atoms with Crippen LogP contribution in [0, 0.1) is 13.8 Å². The Balaban J connectivity index is 1.78. The highest BCUT2D eigenvalue weighted by atomic mass is 16.1. The van der Waals surface area contributed by atoms with E-state index in [9.17, 15) is 4.79 Å². The molecule has 0 aliphatic rings. The molecule has 0 bridgehead atoms. The van der Waals surface area contributed by atoms with E-state index in [0.717, 1.165) is 22.6 Å². The summed E-state index contributed by atoms with van der Waals surface area (Å²) in [7, 11) is 1.87. The summed E-state index contributed by atoms with van der Waals surface area (Å²) in [5, 5.41) is 13.3. The fourth-order valence-electron chi connectivity index (χ4n) is 2.84. The highest BCUT2D eigenvalue weighted by Gasteiger charge is 2.11. The van der Waals surface area contributed by atoms with Crippen LogP contribution in [-0.2, 0) is 7.05 Å². The van der Waals surface area contributed by atoms with Gasteiger partial charge >= 0.3 is 0 Å². The predicted octanol–water partition coefficient (Wildman–Crippen LogP) is 1.81. The lowest BCUT2D eigenvalue weighted by atomic mass is 10.2. The largest absolute Gasteiger partial charge is 0.285 e. The molecule has 3 aromatic heterocycles. The van der Waals surface area contributed by atoms with Gasteiger partial charge in [0.2, 0.25) is 0 Å². The molecule has 4 aromatic rings. The summed E-state index contributed by atoms with van der Waals surface area (Å²) in [5.41, 5.74) is 3.80. The molecule has 130 valence electrons. The maximum absolute atomic E-state index is 12.7. The third kappa shape index (κ3) is 2.52. The minimum absolute atomic E-state index is 0.271. The summed E-state index contributed by atoms with van der Waals surface area (Å²) < 4.78 is 4.64. The second kappa shape index (κ2) is 6.07. The van der Waals surface area contributed by atoms with Crippen molar-refractivity contribution >= 4 is 17.2 Å². The first-order valence-corrected chi connectivity index (χ1v) is 8.11. The molecule has 26 heavy (non-hydrogen) atoms. The highest BCUT2D eigenvalue weighted by Crippen LogP contribution is 2.13. The standard InChI is InChI=1S/C18H17N7O/c1-12-15(13(2)23(3)22-12)9-20-24-11-19-17-16(18(24)26)10-21-25(17)14-7-5-4-6-8-14/h4-11H,1-3H3/b20-9-. The number of fused-ring (bicyclic) bond motifs is 1. The Labute approximate surface area is 149 Å². The lowest BCUT2D eigenvalue weighted by Crippen LogP contribution is -2.17. The minimum Gasteiger partial charge on any atom is -0.272 e. The minimum atomic E-state index is -0.271. The topological polar surface area (TPSA) is 82.9 Å². The molecule has 0 radical (unpaired) electrons. The monoisotopic (exact) mass is 347 g/mol. The van der Waals surface area contributed by atoms with Crippen molar-refractivity contribution < 1.29 is 0 Å². The number of aryl methyl sites for hydroxylation is 2. The van der Waals surface area contributed by atoms with Gasteiger partial charge in [0.05, 0.1) is 23.8 Å². The molecule has 0 aliphatic heterocycles. The number of rotatable bonds is 3. The second-order valence-corrected chi connectivity index (χ2v) is 5.98. The van der Waals surface area contributed by atoms with Crippen LogP contribution >= 0.6 is 0 Å². The summed E-state index contributed by atoms with van der Waals surface area (Å²) in [5.74, 6) is 0. The Morgan fingerprint density at radius 1 is 1.15 bits per heavy atom. The van der Waals surface area contributed by atoms with Crippen molar-refractivity contribution in [3.8, 4) is 5.69 Å². The van der Waals surface area contributed by atoms with Gasteiger partial charge in [-0.15, -0.1) is 0 Å². The van der Waals surface area contributed by atoms with E-state index >= 15 is 0 Å². The number of benzene rings is 1. The van der Waals surface area contributed by atoms with Gasteiger partial charge in [-0.1, -0.05) is 18.2 Å². The normalized spacial score (nSPS) is 11.7. The fourth-order valence-corrected chi connectivity index (χ4v) is 2.84. The molecule has 0 saturated carbocycles. The van der Waals surface area contributed by atoms with Crippen molar-refractivity contribution in [1.82, 2.24) is 29.2 Å². The number of aromatic nitrogens is 6. The first kappa shape index (κ1) is 15.9. The number of hydrogen-bond donors (Lipinski definition) is 0. The molecule has 0 amide bonds. The molecule has 8 heteroatoms. The van der Waals surface area contributed by atoms with Gasteiger partial charge in [0.1, 0.15) is 11.7 Å². The summed E-state index contributed by atoms with van der Waals surface area (Å²) in [6.07, 6.45) is 4.56. The Morgan fingerprint density at radius 2 is 1.92 bits per heavy atom. The molecule has 1 aromatic carbocycles. The second-order valence-electron chi connectivity index (χ2n) is 5.98. The van der Waals surface area contributed by atoms with Crippen molar-refractivity contribution in [2.45, 2.75) is 13.8 Å². The maximum atomic E-state index is 12.7. The van der Waals surface area contributed by atoms with E-state index in [1.54, 1.807) is 15.6 Å². The van der Waals surface area contributed by atoms with Crippen LogP contribution < -0.4 is 5.56 Å². The van der Waals surface area contributed by atoms with E-state index in [1.807, 2.05) is 51.2 Å². The van der Waals surface area contributed by atoms with Crippen molar-refractivity contribution in [2.75, 3.05) is 0 Å². The van der Waals surface area contributed by atoms with Gasteiger partial charge in [-0.3, -0.25) is 9.48 Å². The van der Waals surface area contributed by atoms with E-state index in [0.29, 0.717) is 11.0 Å². The molecule has 8 nitrogen and oxygen atoms in total. The Hall–Kier alpha value is -3.55. The van der Waals surface area contributed by atoms with Crippen LogP contribution in [0.2, 0.25) is 0 Å². The fraction of sp³-hybridized carbons (Fsp3) is 0.167. The summed E-state index contributed by atoms with van der Waals surface area (Å²) in [6, 6.07) is 9.56. The SMILES string of the molecule is Cc1nn(C)c(C)c1/C=N\n1cnc2c(cnn2-c2ccccc2)c1=O. The molecule has 0 aliphatic carbocycles. The summed E-state index contributed by atoms with van der Waals surface area (Å²) >= 11 is 0. The van der Waals surface area contributed by atoms with Crippen LogP contribution in [0.5, 0.6) is 0 Å². The Morgan fingerprint density at radius 3 is 2.62 bits per heavy atom. The van der Waals surface area contributed by atoms with E-state index in [-0.39, 0.29) is 5.56 Å². The maximum Gasteiger partial charge on any atom is 0.285 e. The molecule has 0 fully saturated rings. The first-order chi connectivity index (χ1) is 12.6. The van der Waals surface area contributed by atoms with Crippen LogP contribution in [0.4, 0.5) is 0 Å². The molecule has 0 atom stereocenters. The molecular formula is C18H17N7O. The molecule has 4 rings (SSSR count). The molecule has 0 N–H and O–H groups in total.